The molecule has 0 N–H and O–H groups in total. The summed E-state index contributed by atoms with van der Waals surface area (Å²) in [7, 11) is 0. The topological polar surface area (TPSA) is 86.5 Å². The summed E-state index contributed by atoms with van der Waals surface area (Å²) in [5.41, 5.74) is 2.33. The normalized spacial score (nSPS) is 11.0. The quantitative estimate of drug-likeness (QED) is 0.0485. The molecule has 0 fully saturated rings. The Bertz CT molecular complexity index is 1100. The van der Waals surface area contributed by atoms with E-state index in [4.69, 9.17) is 14.2 Å². The average Bonchev–Trinajstić information content (AvgIpc) is 3.04. The molecule has 44 heavy (non-hydrogen) atoms. The summed E-state index contributed by atoms with van der Waals surface area (Å²) < 4.78 is 16.3. The second-order valence-corrected chi connectivity index (χ2v) is 11.4. The minimum Gasteiger partial charge on any atom is -0.494 e. The predicted octanol–water partition coefficient (Wildman–Crippen LogP) is 11.0. The number of ether oxygens (including phenoxy) is 3. The van der Waals surface area contributed by atoms with E-state index >= 15 is 0 Å². The summed E-state index contributed by atoms with van der Waals surface area (Å²) in [6, 6.07) is 14.5. The first-order valence-electron chi connectivity index (χ1n) is 16.7. The fourth-order valence-electron chi connectivity index (χ4n) is 4.62. The Balaban J connectivity index is 1.53. The van der Waals surface area contributed by atoms with E-state index in [1.807, 2.05) is 24.3 Å². The molecule has 2 aromatic rings. The molecule has 0 radical (unpaired) electrons. The highest BCUT2D eigenvalue weighted by Crippen LogP contribution is 2.22. The van der Waals surface area contributed by atoms with Crippen molar-refractivity contribution in [3.8, 4) is 5.75 Å². The molecule has 0 aliphatic heterocycles. The Morgan fingerprint density at radius 1 is 0.591 bits per heavy atom. The number of hydrogen-bond acceptors (Lipinski definition) is 7. The van der Waals surface area contributed by atoms with Gasteiger partial charge in [0.1, 0.15) is 5.75 Å². The number of nitrogens with zero attached hydrogens (tertiary/aromatic N) is 2. The molecule has 242 valence electrons. The van der Waals surface area contributed by atoms with Crippen LogP contribution >= 0.6 is 0 Å². The Hall–Kier alpha value is -3.48. The molecule has 0 atom stereocenters. The maximum atomic E-state index is 12.4. The van der Waals surface area contributed by atoms with Gasteiger partial charge in [-0.05, 0) is 87.6 Å². The van der Waals surface area contributed by atoms with Crippen LogP contribution in [0.2, 0.25) is 0 Å². The van der Waals surface area contributed by atoms with E-state index in [0.29, 0.717) is 42.3 Å². The summed E-state index contributed by atoms with van der Waals surface area (Å²) in [6.07, 6.45) is 19.1. The van der Waals surface area contributed by atoms with Crippen molar-refractivity contribution >= 4 is 23.3 Å². The second-order valence-electron chi connectivity index (χ2n) is 11.4. The number of azo groups is 1. The Morgan fingerprint density at radius 3 is 1.52 bits per heavy atom. The molecule has 0 saturated carbocycles. The van der Waals surface area contributed by atoms with Gasteiger partial charge >= 0.3 is 11.9 Å². The molecule has 0 unspecified atom stereocenters. The van der Waals surface area contributed by atoms with Crippen LogP contribution in [0.5, 0.6) is 5.75 Å². The molecule has 0 aromatic heterocycles. The van der Waals surface area contributed by atoms with Crippen molar-refractivity contribution in [1.29, 1.82) is 0 Å². The van der Waals surface area contributed by atoms with Gasteiger partial charge in [-0.15, -0.1) is 0 Å². The first-order chi connectivity index (χ1) is 21.5. The van der Waals surface area contributed by atoms with Crippen LogP contribution in [0.1, 0.15) is 127 Å². The number of unbranched alkanes of at least 4 members (excludes halogenated alkanes) is 14. The van der Waals surface area contributed by atoms with Crippen molar-refractivity contribution < 1.29 is 23.8 Å². The summed E-state index contributed by atoms with van der Waals surface area (Å²) >= 11 is 0. The van der Waals surface area contributed by atoms with Crippen molar-refractivity contribution in [2.75, 3.05) is 19.8 Å². The molecule has 0 bridgehead atoms. The van der Waals surface area contributed by atoms with Crippen LogP contribution in [0.3, 0.4) is 0 Å². The minimum atomic E-state index is -0.327. The standard InChI is InChI=1S/C37H54N2O5/c1-4-5-6-7-8-9-10-11-12-13-14-18-30-44-37(41)32-20-22-33(23-21-32)38-39-34-24-26-35(27-25-34)42-28-17-15-16-19-29-43-36(40)31(2)3/h20-27H,2,4-19,28-30H2,1,3H3. The van der Waals surface area contributed by atoms with Gasteiger partial charge in [-0.3, -0.25) is 0 Å². The van der Waals surface area contributed by atoms with Gasteiger partial charge < -0.3 is 14.2 Å². The third-order valence-corrected chi connectivity index (χ3v) is 7.34. The fourth-order valence-corrected chi connectivity index (χ4v) is 4.62. The van der Waals surface area contributed by atoms with Gasteiger partial charge in [-0.2, -0.15) is 10.2 Å². The third-order valence-electron chi connectivity index (χ3n) is 7.34. The zero-order valence-electron chi connectivity index (χ0n) is 27.2. The molecule has 0 aliphatic rings. The van der Waals surface area contributed by atoms with Crippen molar-refractivity contribution in [2.24, 2.45) is 10.2 Å². The first-order valence-corrected chi connectivity index (χ1v) is 16.7. The zero-order valence-corrected chi connectivity index (χ0v) is 27.2. The largest absolute Gasteiger partial charge is 0.494 e. The van der Waals surface area contributed by atoms with Gasteiger partial charge in [0.15, 0.2) is 0 Å². The maximum Gasteiger partial charge on any atom is 0.338 e. The number of benzene rings is 2. The number of esters is 2. The van der Waals surface area contributed by atoms with E-state index in [0.717, 1.165) is 44.3 Å². The molecule has 0 aliphatic carbocycles. The smallest absolute Gasteiger partial charge is 0.338 e. The number of rotatable bonds is 25. The van der Waals surface area contributed by atoms with Crippen LogP contribution in [-0.2, 0) is 14.3 Å². The van der Waals surface area contributed by atoms with E-state index in [1.54, 1.807) is 31.2 Å². The number of carbonyl (C=O) groups is 2. The van der Waals surface area contributed by atoms with Crippen LogP contribution in [-0.4, -0.2) is 31.8 Å². The van der Waals surface area contributed by atoms with Gasteiger partial charge in [0, 0.05) is 5.57 Å². The van der Waals surface area contributed by atoms with E-state index in [9.17, 15) is 9.59 Å². The van der Waals surface area contributed by atoms with Gasteiger partial charge in [0.2, 0.25) is 0 Å². The number of carbonyl (C=O) groups excluding carboxylic acids is 2. The predicted molar refractivity (Wildman–Crippen MR) is 178 cm³/mol. The molecular weight excluding hydrogens is 552 g/mol. The van der Waals surface area contributed by atoms with Crippen molar-refractivity contribution in [2.45, 2.75) is 117 Å². The molecule has 2 aromatic carbocycles. The highest BCUT2D eigenvalue weighted by molar-refractivity contribution is 5.89. The average molecular weight is 607 g/mol. The van der Waals surface area contributed by atoms with Crippen LogP contribution < -0.4 is 4.74 Å². The lowest BCUT2D eigenvalue weighted by Crippen LogP contribution is -2.06. The second kappa shape index (κ2) is 23.9. The Labute approximate surface area is 265 Å². The SMILES string of the molecule is C=C(C)C(=O)OCCCCCCOc1ccc(N=Nc2ccc(C(=O)OCCCCCCCCCCCCCC)cc2)cc1. The number of hydrogen-bond donors (Lipinski definition) is 0. The molecule has 7 heteroatoms. The minimum absolute atomic E-state index is 0.295. The molecule has 0 saturated heterocycles. The molecule has 2 rings (SSSR count). The van der Waals surface area contributed by atoms with E-state index in [-0.39, 0.29) is 11.9 Å². The molecule has 0 spiro atoms. The van der Waals surface area contributed by atoms with Crippen LogP contribution in [0.15, 0.2) is 70.9 Å². The van der Waals surface area contributed by atoms with Crippen molar-refractivity contribution in [3.05, 3.63) is 66.2 Å². The molecular formula is C37H54N2O5. The fraction of sp³-hybridized carbons (Fsp3) is 0.568. The molecule has 7 nitrogen and oxygen atoms in total. The lowest BCUT2D eigenvalue weighted by atomic mass is 10.1. The maximum absolute atomic E-state index is 12.4. The first kappa shape index (κ1) is 36.7. The zero-order chi connectivity index (χ0) is 31.7. The van der Waals surface area contributed by atoms with E-state index in [2.05, 4.69) is 23.7 Å². The Kier molecular flexibility index (Phi) is 20.0. The van der Waals surface area contributed by atoms with Crippen LogP contribution in [0, 0.1) is 0 Å². The van der Waals surface area contributed by atoms with Crippen LogP contribution in [0.4, 0.5) is 11.4 Å². The molecule has 0 heterocycles. The van der Waals surface area contributed by atoms with Crippen LogP contribution in [0.25, 0.3) is 0 Å². The van der Waals surface area contributed by atoms with Gasteiger partial charge in [-0.25, -0.2) is 9.59 Å². The van der Waals surface area contributed by atoms with Crippen molar-refractivity contribution in [1.82, 2.24) is 0 Å². The van der Waals surface area contributed by atoms with Crippen molar-refractivity contribution in [3.63, 3.8) is 0 Å². The molecule has 0 amide bonds. The summed E-state index contributed by atoms with van der Waals surface area (Å²) in [6.45, 7) is 9.00. The highest BCUT2D eigenvalue weighted by Gasteiger charge is 2.07. The summed E-state index contributed by atoms with van der Waals surface area (Å²) in [5.74, 6) is 0.160. The summed E-state index contributed by atoms with van der Waals surface area (Å²) in [5, 5.41) is 8.55. The van der Waals surface area contributed by atoms with Gasteiger partial charge in [-0.1, -0.05) is 84.1 Å². The summed E-state index contributed by atoms with van der Waals surface area (Å²) in [4.78, 5) is 23.7. The monoisotopic (exact) mass is 606 g/mol. The highest BCUT2D eigenvalue weighted by atomic mass is 16.5. The lowest BCUT2D eigenvalue weighted by Gasteiger charge is -2.07. The Morgan fingerprint density at radius 2 is 1.02 bits per heavy atom. The third kappa shape index (κ3) is 17.6. The van der Waals surface area contributed by atoms with Gasteiger partial charge in [0.05, 0.1) is 36.8 Å². The van der Waals surface area contributed by atoms with E-state index < -0.39 is 0 Å². The van der Waals surface area contributed by atoms with E-state index in [1.165, 1.54) is 64.2 Å². The lowest BCUT2D eigenvalue weighted by molar-refractivity contribution is -0.139. The van der Waals surface area contributed by atoms with Gasteiger partial charge in [0.25, 0.3) is 0 Å².